The first-order valence-electron chi connectivity index (χ1n) is 14.2. The third-order valence-corrected chi connectivity index (χ3v) is 8.20. The van der Waals surface area contributed by atoms with E-state index >= 15 is 4.39 Å². The van der Waals surface area contributed by atoms with Crippen LogP contribution >= 0.6 is 0 Å². The number of fused-ring (bicyclic) bond motifs is 1. The standard InChI is InChI=1S/C32H43FN2O4/c1-4-34(5-2)15-17-39-32-13-6-23(18-30(32)33)22-35(14-16-36)31-21-28(38-3)11-12-29(31)26-8-7-25-20-27(37)10-9-24(25)19-26/h6,9-13,18,20-21,26,29,31,36-37H,4-5,7-8,14-17,19,22H2,1-3H3/t26-,29?,31?/m1/s1. The fourth-order valence-electron chi connectivity index (χ4n) is 5.95. The SMILES string of the molecule is CCN(CC)CCOc1ccc(CN(CCO)C2C=C(OC)C=CC2[C@@H]2CCc3cc(O)ccc3C2)cc1F. The number of phenolic OH excluding ortho intramolecular Hbond substituents is 1. The Morgan fingerprint density at radius 1 is 1.05 bits per heavy atom. The van der Waals surface area contributed by atoms with Crippen molar-refractivity contribution in [2.45, 2.75) is 45.7 Å². The molecule has 2 aliphatic rings. The number of nitrogens with zero attached hydrogens (tertiary/aromatic N) is 2. The molecular formula is C32H43FN2O4. The highest BCUT2D eigenvalue weighted by Gasteiger charge is 2.35. The molecule has 2 aliphatic carbocycles. The van der Waals surface area contributed by atoms with Gasteiger partial charge < -0.3 is 24.6 Å². The number of rotatable bonds is 13. The Labute approximate surface area is 232 Å². The van der Waals surface area contributed by atoms with Crippen LogP contribution in [-0.2, 0) is 24.1 Å². The van der Waals surface area contributed by atoms with E-state index in [-0.39, 0.29) is 30.1 Å². The van der Waals surface area contributed by atoms with Gasteiger partial charge in [0.05, 0.1) is 13.7 Å². The molecular weight excluding hydrogens is 495 g/mol. The van der Waals surface area contributed by atoms with E-state index in [4.69, 9.17) is 9.47 Å². The molecule has 3 atom stereocenters. The third kappa shape index (κ3) is 7.41. The Bertz CT molecular complexity index is 1150. The van der Waals surface area contributed by atoms with Crippen LogP contribution < -0.4 is 4.74 Å². The fourth-order valence-corrected chi connectivity index (χ4v) is 5.95. The Balaban J connectivity index is 1.50. The molecule has 0 aliphatic heterocycles. The lowest BCUT2D eigenvalue weighted by Gasteiger charge is -2.41. The lowest BCUT2D eigenvalue weighted by atomic mass is 9.72. The molecule has 0 bridgehead atoms. The quantitative estimate of drug-likeness (QED) is 0.377. The number of aliphatic hydroxyl groups is 1. The number of aliphatic hydroxyl groups excluding tert-OH is 1. The summed E-state index contributed by atoms with van der Waals surface area (Å²) in [6, 6.07) is 10.9. The van der Waals surface area contributed by atoms with Crippen molar-refractivity contribution >= 4 is 0 Å². The number of benzene rings is 2. The Kier molecular flexibility index (Phi) is 10.4. The Hall–Kier alpha value is -2.87. The molecule has 0 saturated carbocycles. The maximum absolute atomic E-state index is 15.0. The summed E-state index contributed by atoms with van der Waals surface area (Å²) in [5.41, 5.74) is 3.34. The van der Waals surface area contributed by atoms with Crippen LogP contribution in [0.1, 0.15) is 37.0 Å². The average molecular weight is 539 g/mol. The highest BCUT2D eigenvalue weighted by molar-refractivity contribution is 5.37. The van der Waals surface area contributed by atoms with Crippen LogP contribution in [-0.4, -0.2) is 72.6 Å². The second-order valence-electron chi connectivity index (χ2n) is 10.5. The van der Waals surface area contributed by atoms with Crippen molar-refractivity contribution in [3.8, 4) is 11.5 Å². The van der Waals surface area contributed by atoms with Gasteiger partial charge in [0.1, 0.15) is 18.1 Å². The lowest BCUT2D eigenvalue weighted by molar-refractivity contribution is 0.115. The van der Waals surface area contributed by atoms with Crippen LogP contribution in [0.5, 0.6) is 11.5 Å². The highest BCUT2D eigenvalue weighted by Crippen LogP contribution is 2.38. The minimum absolute atomic E-state index is 0.00486. The minimum Gasteiger partial charge on any atom is -0.508 e. The van der Waals surface area contributed by atoms with Gasteiger partial charge in [0.2, 0.25) is 0 Å². The minimum atomic E-state index is -0.364. The molecule has 0 heterocycles. The smallest absolute Gasteiger partial charge is 0.165 e. The van der Waals surface area contributed by atoms with Crippen LogP contribution in [0.2, 0.25) is 0 Å². The molecule has 4 rings (SSSR count). The largest absolute Gasteiger partial charge is 0.508 e. The van der Waals surface area contributed by atoms with E-state index in [9.17, 15) is 10.2 Å². The van der Waals surface area contributed by atoms with Gasteiger partial charge in [-0.3, -0.25) is 4.90 Å². The van der Waals surface area contributed by atoms with E-state index < -0.39 is 0 Å². The van der Waals surface area contributed by atoms with Gasteiger partial charge in [-0.1, -0.05) is 32.1 Å². The van der Waals surface area contributed by atoms with Gasteiger partial charge >= 0.3 is 0 Å². The van der Waals surface area contributed by atoms with Crippen LogP contribution in [0.3, 0.4) is 0 Å². The lowest BCUT2D eigenvalue weighted by Crippen LogP contribution is -2.44. The summed E-state index contributed by atoms with van der Waals surface area (Å²) in [5.74, 6) is 1.63. The van der Waals surface area contributed by atoms with Crippen LogP contribution in [0.15, 0.2) is 60.4 Å². The summed E-state index contributed by atoms with van der Waals surface area (Å²) in [7, 11) is 1.67. The molecule has 7 heteroatoms. The van der Waals surface area contributed by atoms with Crippen LogP contribution in [0.25, 0.3) is 0 Å². The molecule has 0 radical (unpaired) electrons. The first-order chi connectivity index (χ1) is 18.9. The highest BCUT2D eigenvalue weighted by atomic mass is 19.1. The van der Waals surface area contributed by atoms with Gasteiger partial charge in [-0.05, 0) is 97.3 Å². The number of ether oxygens (including phenoxy) is 2. The summed E-state index contributed by atoms with van der Waals surface area (Å²) < 4.78 is 26.3. The van der Waals surface area contributed by atoms with Crippen molar-refractivity contribution in [2.75, 3.05) is 46.5 Å². The van der Waals surface area contributed by atoms with E-state index in [2.05, 4.69) is 35.8 Å². The summed E-state index contributed by atoms with van der Waals surface area (Å²) in [5, 5.41) is 19.9. The van der Waals surface area contributed by atoms with E-state index in [1.807, 2.05) is 24.3 Å². The zero-order valence-electron chi connectivity index (χ0n) is 23.5. The van der Waals surface area contributed by atoms with E-state index in [0.717, 1.165) is 50.2 Å². The molecule has 2 aromatic carbocycles. The first-order valence-corrected chi connectivity index (χ1v) is 14.2. The zero-order valence-corrected chi connectivity index (χ0v) is 23.5. The second-order valence-corrected chi connectivity index (χ2v) is 10.5. The molecule has 2 N–H and O–H groups in total. The van der Waals surface area contributed by atoms with Gasteiger partial charge in [-0.15, -0.1) is 0 Å². The topological polar surface area (TPSA) is 65.4 Å². The molecule has 0 fully saturated rings. The predicted molar refractivity (Wildman–Crippen MR) is 152 cm³/mol. The molecule has 0 amide bonds. The van der Waals surface area contributed by atoms with Crippen molar-refractivity contribution in [1.29, 1.82) is 0 Å². The number of hydrogen-bond acceptors (Lipinski definition) is 6. The monoisotopic (exact) mass is 538 g/mol. The summed E-state index contributed by atoms with van der Waals surface area (Å²) in [4.78, 5) is 4.46. The van der Waals surface area contributed by atoms with Crippen molar-refractivity contribution < 1.29 is 24.1 Å². The van der Waals surface area contributed by atoms with Crippen LogP contribution in [0.4, 0.5) is 4.39 Å². The number of halogens is 1. The number of hydrogen-bond donors (Lipinski definition) is 2. The number of methoxy groups -OCH3 is 1. The van der Waals surface area contributed by atoms with Crippen molar-refractivity contribution in [3.63, 3.8) is 0 Å². The zero-order chi connectivity index (χ0) is 27.8. The van der Waals surface area contributed by atoms with Gasteiger partial charge in [-0.25, -0.2) is 4.39 Å². The summed E-state index contributed by atoms with van der Waals surface area (Å²) >= 11 is 0. The van der Waals surface area contributed by atoms with Gasteiger partial charge in [0, 0.05) is 25.7 Å². The molecule has 39 heavy (non-hydrogen) atoms. The summed E-state index contributed by atoms with van der Waals surface area (Å²) in [6.07, 6.45) is 9.27. The van der Waals surface area contributed by atoms with Crippen molar-refractivity contribution in [1.82, 2.24) is 9.80 Å². The molecule has 0 saturated heterocycles. The average Bonchev–Trinajstić information content (AvgIpc) is 2.95. The molecule has 6 nitrogen and oxygen atoms in total. The molecule has 2 aromatic rings. The van der Waals surface area contributed by atoms with Crippen molar-refractivity contribution in [2.24, 2.45) is 11.8 Å². The molecule has 212 valence electrons. The first kappa shape index (κ1) is 29.1. The molecule has 2 unspecified atom stereocenters. The maximum atomic E-state index is 15.0. The number of likely N-dealkylation sites (N-methyl/N-ethyl adjacent to an activating group) is 1. The second kappa shape index (κ2) is 14.0. The van der Waals surface area contributed by atoms with E-state index in [1.165, 1.54) is 11.1 Å². The number of aromatic hydroxyl groups is 1. The Morgan fingerprint density at radius 2 is 1.87 bits per heavy atom. The van der Waals surface area contributed by atoms with E-state index in [1.54, 1.807) is 25.3 Å². The third-order valence-electron chi connectivity index (χ3n) is 8.20. The molecule has 0 aromatic heterocycles. The number of phenols is 1. The van der Waals surface area contributed by atoms with E-state index in [0.29, 0.717) is 31.4 Å². The number of aryl methyl sites for hydroxylation is 1. The van der Waals surface area contributed by atoms with Gasteiger partial charge in [0.15, 0.2) is 11.6 Å². The predicted octanol–water partition coefficient (Wildman–Crippen LogP) is 4.94. The number of allylic oxidation sites excluding steroid dienone is 1. The normalized spacial score (nSPS) is 20.7. The molecule has 0 spiro atoms. The summed E-state index contributed by atoms with van der Waals surface area (Å²) in [6.45, 7) is 8.26. The van der Waals surface area contributed by atoms with Gasteiger partial charge in [0.25, 0.3) is 0 Å². The Morgan fingerprint density at radius 3 is 2.59 bits per heavy atom. The van der Waals surface area contributed by atoms with Crippen molar-refractivity contribution in [3.05, 3.63) is 82.9 Å². The van der Waals surface area contributed by atoms with Gasteiger partial charge in [-0.2, -0.15) is 0 Å². The fraction of sp³-hybridized carbons (Fsp3) is 0.500. The van der Waals surface area contributed by atoms with Crippen LogP contribution in [0, 0.1) is 17.7 Å². The maximum Gasteiger partial charge on any atom is 0.165 e.